The highest BCUT2D eigenvalue weighted by Gasteiger charge is 2.38. The maximum Gasteiger partial charge on any atom is 0.490 e. The molecule has 1 aromatic carbocycles. The van der Waals surface area contributed by atoms with E-state index in [0.717, 1.165) is 24.2 Å². The molecule has 0 aliphatic heterocycles. The third-order valence-electron chi connectivity index (χ3n) is 5.01. The number of hydrogen-bond donors (Lipinski definition) is 2. The second kappa shape index (κ2) is 10.2. The number of rotatable bonds is 5. The van der Waals surface area contributed by atoms with Gasteiger partial charge in [0.15, 0.2) is 0 Å². The van der Waals surface area contributed by atoms with Crippen molar-refractivity contribution in [3.05, 3.63) is 83.9 Å². The van der Waals surface area contributed by atoms with Crippen LogP contribution in [0.5, 0.6) is 0 Å². The van der Waals surface area contributed by atoms with E-state index in [1.165, 1.54) is 29.5 Å². The van der Waals surface area contributed by atoms with E-state index in [4.69, 9.17) is 9.90 Å². The molecular weight excluding hydrogens is 407 g/mol. The zero-order chi connectivity index (χ0) is 22.3. The summed E-state index contributed by atoms with van der Waals surface area (Å²) in [4.78, 5) is 17.5. The summed E-state index contributed by atoms with van der Waals surface area (Å²) in [6.45, 7) is 1.87. The lowest BCUT2D eigenvalue weighted by molar-refractivity contribution is -0.192. The molecule has 2 heterocycles. The van der Waals surface area contributed by atoms with Gasteiger partial charge < -0.3 is 10.4 Å². The number of nitrogens with one attached hydrogen (secondary N) is 1. The third-order valence-corrected chi connectivity index (χ3v) is 5.01. The van der Waals surface area contributed by atoms with Gasteiger partial charge in [0.2, 0.25) is 0 Å². The summed E-state index contributed by atoms with van der Waals surface area (Å²) >= 11 is 0. The Labute approximate surface area is 178 Å². The number of halogens is 3. The predicted octanol–water partition coefficient (Wildman–Crippen LogP) is 4.60. The minimum absolute atomic E-state index is 0.635. The number of alkyl halides is 3. The van der Waals surface area contributed by atoms with Crippen molar-refractivity contribution in [2.24, 2.45) is 0 Å². The molecule has 4 rings (SSSR count). The van der Waals surface area contributed by atoms with Crippen molar-refractivity contribution in [3.63, 3.8) is 0 Å². The van der Waals surface area contributed by atoms with E-state index in [2.05, 4.69) is 51.7 Å². The van der Waals surface area contributed by atoms with E-state index in [9.17, 15) is 13.2 Å². The van der Waals surface area contributed by atoms with Gasteiger partial charge in [-0.3, -0.25) is 9.97 Å². The number of benzene rings is 1. The van der Waals surface area contributed by atoms with Crippen molar-refractivity contribution in [2.75, 3.05) is 6.54 Å². The highest BCUT2D eigenvalue weighted by atomic mass is 19.4. The first kappa shape index (κ1) is 22.4. The van der Waals surface area contributed by atoms with Gasteiger partial charge in [-0.05, 0) is 47.6 Å². The molecule has 0 fully saturated rings. The lowest BCUT2D eigenvalue weighted by Crippen LogP contribution is -2.21. The molecule has 1 atom stereocenters. The normalized spacial score (nSPS) is 15.0. The molecule has 162 valence electrons. The van der Waals surface area contributed by atoms with E-state index in [1.54, 1.807) is 6.20 Å². The summed E-state index contributed by atoms with van der Waals surface area (Å²) in [5.41, 5.74) is 6.48. The fourth-order valence-corrected chi connectivity index (χ4v) is 3.52. The zero-order valence-corrected chi connectivity index (χ0v) is 16.6. The maximum atomic E-state index is 10.6. The summed E-state index contributed by atoms with van der Waals surface area (Å²) in [6, 6.07) is 15.0. The summed E-state index contributed by atoms with van der Waals surface area (Å²) in [6.07, 6.45) is 4.88. The number of pyridine rings is 2. The standard InChI is InChI=1S/C21H21N3.C2HF3O2/c1-2-6-21-17(4-1)7-8-19(21)14-23-11-16-10-20(15-24-12-16)18-5-3-9-22-13-18;3-2(4,5)1(6)7/h1-6,9-10,12-13,15,19,23H,7-8,11,14H2;(H,6,7). The zero-order valence-electron chi connectivity index (χ0n) is 16.6. The highest BCUT2D eigenvalue weighted by molar-refractivity contribution is 5.73. The number of hydrogen-bond acceptors (Lipinski definition) is 4. The Morgan fingerprint density at radius 1 is 1.06 bits per heavy atom. The summed E-state index contributed by atoms with van der Waals surface area (Å²) in [5, 5.41) is 10.7. The molecule has 5 nitrogen and oxygen atoms in total. The average molecular weight is 429 g/mol. The first-order chi connectivity index (χ1) is 14.8. The van der Waals surface area contributed by atoms with Crippen LogP contribution in [0.25, 0.3) is 11.1 Å². The quantitative estimate of drug-likeness (QED) is 0.620. The fourth-order valence-electron chi connectivity index (χ4n) is 3.52. The Hall–Kier alpha value is -3.26. The van der Waals surface area contributed by atoms with Gasteiger partial charge >= 0.3 is 12.1 Å². The Kier molecular flexibility index (Phi) is 7.36. The molecule has 8 heteroatoms. The molecule has 3 aromatic rings. The number of carboxylic acids is 1. The van der Waals surface area contributed by atoms with Crippen LogP contribution in [0.15, 0.2) is 67.3 Å². The van der Waals surface area contributed by atoms with Gasteiger partial charge in [-0.25, -0.2) is 4.79 Å². The maximum absolute atomic E-state index is 10.6. The van der Waals surface area contributed by atoms with E-state index in [-0.39, 0.29) is 0 Å². The molecule has 31 heavy (non-hydrogen) atoms. The number of aromatic nitrogens is 2. The molecule has 1 unspecified atom stereocenters. The van der Waals surface area contributed by atoms with Crippen LogP contribution in [0.1, 0.15) is 29.0 Å². The first-order valence-corrected chi connectivity index (χ1v) is 9.77. The topological polar surface area (TPSA) is 75.1 Å². The molecule has 1 aliphatic carbocycles. The molecule has 0 radical (unpaired) electrons. The Morgan fingerprint density at radius 3 is 2.52 bits per heavy atom. The number of fused-ring (bicyclic) bond motifs is 1. The second-order valence-electron chi connectivity index (χ2n) is 7.19. The Bertz CT molecular complexity index is 1010. The molecule has 0 saturated carbocycles. The average Bonchev–Trinajstić information content (AvgIpc) is 3.18. The Balaban J connectivity index is 0.000000339. The van der Waals surface area contributed by atoms with Gasteiger partial charge in [-0.15, -0.1) is 0 Å². The SMILES string of the molecule is O=C(O)C(F)(F)F.c1cncc(-c2cncc(CNCC3CCc4ccccc43)c2)c1. The smallest absolute Gasteiger partial charge is 0.475 e. The van der Waals surface area contributed by atoms with Gasteiger partial charge in [-0.1, -0.05) is 30.3 Å². The van der Waals surface area contributed by atoms with Gasteiger partial charge in [0.05, 0.1) is 0 Å². The van der Waals surface area contributed by atoms with Crippen molar-refractivity contribution in [2.45, 2.75) is 31.5 Å². The summed E-state index contributed by atoms with van der Waals surface area (Å²) in [5.74, 6) is -2.12. The fraction of sp³-hybridized carbons (Fsp3) is 0.261. The lowest BCUT2D eigenvalue weighted by Gasteiger charge is -2.13. The van der Waals surface area contributed by atoms with Crippen LogP contribution in [0.3, 0.4) is 0 Å². The number of aliphatic carboxylic acids is 1. The molecule has 2 aromatic heterocycles. The van der Waals surface area contributed by atoms with Crippen LogP contribution < -0.4 is 5.32 Å². The molecule has 0 amide bonds. The van der Waals surface area contributed by atoms with Crippen LogP contribution in [-0.2, 0) is 17.8 Å². The minimum atomic E-state index is -5.08. The molecule has 2 N–H and O–H groups in total. The predicted molar refractivity (Wildman–Crippen MR) is 110 cm³/mol. The molecule has 0 bridgehead atoms. The van der Waals surface area contributed by atoms with Gasteiger partial charge in [0, 0.05) is 49.0 Å². The van der Waals surface area contributed by atoms with Crippen LogP contribution in [0.2, 0.25) is 0 Å². The van der Waals surface area contributed by atoms with Crippen LogP contribution >= 0.6 is 0 Å². The number of carboxylic acid groups (broad SMARTS) is 1. The van der Waals surface area contributed by atoms with Gasteiger partial charge in [0.1, 0.15) is 0 Å². The monoisotopic (exact) mass is 429 g/mol. The largest absolute Gasteiger partial charge is 0.490 e. The van der Waals surface area contributed by atoms with Crippen LogP contribution in [0.4, 0.5) is 13.2 Å². The first-order valence-electron chi connectivity index (χ1n) is 9.77. The Morgan fingerprint density at radius 2 is 1.81 bits per heavy atom. The van der Waals surface area contributed by atoms with Gasteiger partial charge in [-0.2, -0.15) is 13.2 Å². The molecular formula is C23H22F3N3O2. The van der Waals surface area contributed by atoms with Crippen molar-refractivity contribution < 1.29 is 23.1 Å². The van der Waals surface area contributed by atoms with Crippen molar-refractivity contribution in [3.8, 4) is 11.1 Å². The van der Waals surface area contributed by atoms with Crippen LogP contribution in [0, 0.1) is 0 Å². The van der Waals surface area contributed by atoms with Crippen molar-refractivity contribution in [1.29, 1.82) is 0 Å². The van der Waals surface area contributed by atoms with Crippen LogP contribution in [-0.4, -0.2) is 33.8 Å². The van der Waals surface area contributed by atoms with E-state index in [0.29, 0.717) is 5.92 Å². The second-order valence-corrected chi connectivity index (χ2v) is 7.19. The summed E-state index contributed by atoms with van der Waals surface area (Å²) < 4.78 is 31.7. The van der Waals surface area contributed by atoms with Crippen molar-refractivity contribution in [1.82, 2.24) is 15.3 Å². The number of carbonyl (C=O) groups is 1. The third kappa shape index (κ3) is 6.36. The summed E-state index contributed by atoms with van der Waals surface area (Å²) in [7, 11) is 0. The van der Waals surface area contributed by atoms with Gasteiger partial charge in [0.25, 0.3) is 0 Å². The molecule has 0 saturated heterocycles. The van der Waals surface area contributed by atoms with E-state index >= 15 is 0 Å². The number of aryl methyl sites for hydroxylation is 1. The lowest BCUT2D eigenvalue weighted by atomic mass is 10.0. The molecule has 1 aliphatic rings. The number of nitrogens with zero attached hydrogens (tertiary/aromatic N) is 2. The highest BCUT2D eigenvalue weighted by Crippen LogP contribution is 2.32. The van der Waals surface area contributed by atoms with E-state index in [1.807, 2.05) is 24.7 Å². The van der Waals surface area contributed by atoms with E-state index < -0.39 is 12.1 Å². The molecule has 0 spiro atoms. The van der Waals surface area contributed by atoms with Crippen molar-refractivity contribution >= 4 is 5.97 Å². The minimum Gasteiger partial charge on any atom is -0.475 e.